The number of nitrogens with zero attached hydrogens (tertiary/aromatic N) is 1. The van der Waals surface area contributed by atoms with Gasteiger partial charge in [-0.1, -0.05) is 18.2 Å². The van der Waals surface area contributed by atoms with E-state index in [1.807, 2.05) is 0 Å². The van der Waals surface area contributed by atoms with Gasteiger partial charge in [0, 0.05) is 6.20 Å². The Morgan fingerprint density at radius 1 is 1.67 bits per heavy atom. The number of carbonyl (C=O) groups excluding carboxylic acids is 1. The summed E-state index contributed by atoms with van der Waals surface area (Å²) in [4.78, 5) is 14.6. The summed E-state index contributed by atoms with van der Waals surface area (Å²) in [6.45, 7) is 3.31. The standard InChI is InChI=1S/C8H7ClN2O/c1-2-8(12)11-7-4-3-6(9)5-10-7/h2-5H,1H2,(H,10,11,12). The maximum atomic E-state index is 10.8. The molecule has 0 aliphatic carbocycles. The lowest BCUT2D eigenvalue weighted by Gasteiger charge is -1.99. The maximum Gasteiger partial charge on any atom is 0.248 e. The average molecular weight is 183 g/mol. The van der Waals surface area contributed by atoms with Crippen LogP contribution in [0.25, 0.3) is 0 Å². The van der Waals surface area contributed by atoms with Gasteiger partial charge in [0.2, 0.25) is 5.91 Å². The highest BCUT2D eigenvalue weighted by molar-refractivity contribution is 6.30. The Kier molecular flexibility index (Phi) is 2.82. The van der Waals surface area contributed by atoms with Crippen LogP contribution < -0.4 is 5.32 Å². The number of hydrogen-bond donors (Lipinski definition) is 1. The van der Waals surface area contributed by atoms with E-state index in [0.717, 1.165) is 0 Å². The third-order valence-corrected chi connectivity index (χ3v) is 1.39. The lowest BCUT2D eigenvalue weighted by Crippen LogP contribution is -2.08. The van der Waals surface area contributed by atoms with Gasteiger partial charge in [-0.05, 0) is 18.2 Å². The fraction of sp³-hybridized carbons (Fsp3) is 0. The zero-order valence-corrected chi connectivity index (χ0v) is 7.01. The Balaban J connectivity index is 2.71. The van der Waals surface area contributed by atoms with Crippen LogP contribution in [0.1, 0.15) is 0 Å². The molecule has 0 unspecified atom stereocenters. The van der Waals surface area contributed by atoms with E-state index in [4.69, 9.17) is 11.6 Å². The van der Waals surface area contributed by atoms with Crippen LogP contribution in [0.5, 0.6) is 0 Å². The predicted molar refractivity (Wildman–Crippen MR) is 48.1 cm³/mol. The summed E-state index contributed by atoms with van der Waals surface area (Å²) in [5.41, 5.74) is 0. The summed E-state index contributed by atoms with van der Waals surface area (Å²) in [5.74, 6) is 0.175. The molecule has 0 atom stereocenters. The highest BCUT2D eigenvalue weighted by Gasteiger charge is 1.96. The quantitative estimate of drug-likeness (QED) is 0.710. The van der Waals surface area contributed by atoms with Crippen molar-refractivity contribution in [1.29, 1.82) is 0 Å². The van der Waals surface area contributed by atoms with Gasteiger partial charge >= 0.3 is 0 Å². The number of anilines is 1. The molecule has 0 bridgehead atoms. The number of hydrogen-bond acceptors (Lipinski definition) is 2. The van der Waals surface area contributed by atoms with Crippen LogP contribution in [0.2, 0.25) is 5.02 Å². The van der Waals surface area contributed by atoms with Crippen molar-refractivity contribution in [3.05, 3.63) is 36.0 Å². The Labute approximate surface area is 75.1 Å². The molecule has 0 fully saturated rings. The zero-order chi connectivity index (χ0) is 8.97. The first kappa shape index (κ1) is 8.74. The van der Waals surface area contributed by atoms with Gasteiger partial charge in [0.1, 0.15) is 5.82 Å². The lowest BCUT2D eigenvalue weighted by molar-refractivity contribution is -0.111. The Morgan fingerprint density at radius 3 is 2.92 bits per heavy atom. The summed E-state index contributed by atoms with van der Waals surface area (Å²) in [6, 6.07) is 3.26. The molecule has 1 amide bonds. The molecule has 0 saturated carbocycles. The van der Waals surface area contributed by atoms with Crippen molar-refractivity contribution in [2.24, 2.45) is 0 Å². The summed E-state index contributed by atoms with van der Waals surface area (Å²) in [5, 5.41) is 3.03. The number of halogens is 1. The lowest BCUT2D eigenvalue weighted by atomic mass is 10.4. The number of nitrogens with one attached hydrogen (secondary N) is 1. The molecule has 4 heteroatoms. The molecule has 1 aromatic rings. The van der Waals surface area contributed by atoms with Crippen molar-refractivity contribution < 1.29 is 4.79 Å². The summed E-state index contributed by atoms with van der Waals surface area (Å²) in [6.07, 6.45) is 2.64. The van der Waals surface area contributed by atoms with E-state index in [2.05, 4.69) is 16.9 Å². The Morgan fingerprint density at radius 2 is 2.42 bits per heavy atom. The first-order valence-electron chi connectivity index (χ1n) is 3.27. The highest BCUT2D eigenvalue weighted by atomic mass is 35.5. The molecule has 1 N–H and O–H groups in total. The second kappa shape index (κ2) is 3.88. The third kappa shape index (κ3) is 2.36. The number of aromatic nitrogens is 1. The van der Waals surface area contributed by atoms with Gasteiger partial charge < -0.3 is 5.32 Å². The number of pyridine rings is 1. The fourth-order valence-electron chi connectivity index (χ4n) is 0.627. The molecule has 1 rings (SSSR count). The van der Waals surface area contributed by atoms with Crippen molar-refractivity contribution in [1.82, 2.24) is 4.98 Å². The van der Waals surface area contributed by atoms with Gasteiger partial charge in [-0.2, -0.15) is 0 Å². The normalized spacial score (nSPS) is 9.08. The van der Waals surface area contributed by atoms with Crippen LogP contribution in [-0.2, 0) is 4.79 Å². The minimum atomic E-state index is -0.287. The van der Waals surface area contributed by atoms with E-state index in [-0.39, 0.29) is 5.91 Å². The summed E-state index contributed by atoms with van der Waals surface area (Å²) < 4.78 is 0. The van der Waals surface area contributed by atoms with Gasteiger partial charge in [-0.25, -0.2) is 4.98 Å². The van der Waals surface area contributed by atoms with Crippen molar-refractivity contribution in [3.63, 3.8) is 0 Å². The van der Waals surface area contributed by atoms with Gasteiger partial charge in [0.05, 0.1) is 5.02 Å². The SMILES string of the molecule is C=CC(=O)Nc1ccc(Cl)cn1. The predicted octanol–water partition coefficient (Wildman–Crippen LogP) is 1.86. The van der Waals surface area contributed by atoms with Crippen LogP contribution in [0, 0.1) is 0 Å². The average Bonchev–Trinajstić information content (AvgIpc) is 2.09. The minimum absolute atomic E-state index is 0.287. The van der Waals surface area contributed by atoms with Gasteiger partial charge in [-0.15, -0.1) is 0 Å². The van der Waals surface area contributed by atoms with E-state index in [1.54, 1.807) is 12.1 Å². The fourth-order valence-corrected chi connectivity index (χ4v) is 0.739. The second-order valence-corrected chi connectivity index (χ2v) is 2.49. The van der Waals surface area contributed by atoms with Crippen LogP contribution >= 0.6 is 11.6 Å². The second-order valence-electron chi connectivity index (χ2n) is 2.06. The Hall–Kier alpha value is -1.35. The molecule has 0 spiro atoms. The first-order valence-corrected chi connectivity index (χ1v) is 3.65. The molecule has 0 saturated heterocycles. The molecule has 0 aliphatic rings. The van der Waals surface area contributed by atoms with Gasteiger partial charge in [-0.3, -0.25) is 4.79 Å². The molecular formula is C8H7ClN2O. The topological polar surface area (TPSA) is 42.0 Å². The number of amides is 1. The summed E-state index contributed by atoms with van der Waals surface area (Å²) in [7, 11) is 0. The van der Waals surface area contributed by atoms with Crippen molar-refractivity contribution in [3.8, 4) is 0 Å². The number of carbonyl (C=O) groups is 1. The molecule has 0 radical (unpaired) electrons. The molecule has 0 aliphatic heterocycles. The molecule has 62 valence electrons. The van der Waals surface area contributed by atoms with E-state index in [0.29, 0.717) is 10.8 Å². The van der Waals surface area contributed by atoms with Crippen molar-refractivity contribution in [2.75, 3.05) is 5.32 Å². The van der Waals surface area contributed by atoms with Gasteiger partial charge in [0.25, 0.3) is 0 Å². The monoisotopic (exact) mass is 182 g/mol. The van der Waals surface area contributed by atoms with E-state index >= 15 is 0 Å². The van der Waals surface area contributed by atoms with E-state index < -0.39 is 0 Å². The van der Waals surface area contributed by atoms with Crippen LogP contribution in [0.4, 0.5) is 5.82 Å². The van der Waals surface area contributed by atoms with Crippen molar-refractivity contribution in [2.45, 2.75) is 0 Å². The smallest absolute Gasteiger partial charge is 0.248 e. The molecule has 1 aromatic heterocycles. The van der Waals surface area contributed by atoms with Crippen LogP contribution in [-0.4, -0.2) is 10.9 Å². The maximum absolute atomic E-state index is 10.8. The summed E-state index contributed by atoms with van der Waals surface area (Å²) >= 11 is 5.59. The third-order valence-electron chi connectivity index (χ3n) is 1.16. The molecule has 12 heavy (non-hydrogen) atoms. The number of rotatable bonds is 2. The van der Waals surface area contributed by atoms with Gasteiger partial charge in [0.15, 0.2) is 0 Å². The highest BCUT2D eigenvalue weighted by Crippen LogP contribution is 2.08. The molecular weight excluding hydrogens is 176 g/mol. The van der Waals surface area contributed by atoms with Crippen LogP contribution in [0.3, 0.4) is 0 Å². The largest absolute Gasteiger partial charge is 0.307 e. The minimum Gasteiger partial charge on any atom is -0.307 e. The Bertz CT molecular complexity index is 294. The zero-order valence-electron chi connectivity index (χ0n) is 6.25. The van der Waals surface area contributed by atoms with E-state index in [1.165, 1.54) is 12.3 Å². The first-order chi connectivity index (χ1) is 5.72. The molecule has 1 heterocycles. The van der Waals surface area contributed by atoms with Crippen LogP contribution in [0.15, 0.2) is 31.0 Å². The van der Waals surface area contributed by atoms with E-state index in [9.17, 15) is 4.79 Å². The molecule has 3 nitrogen and oxygen atoms in total. The van der Waals surface area contributed by atoms with Crippen molar-refractivity contribution >= 4 is 23.3 Å². The molecule has 0 aromatic carbocycles.